The number of rotatable bonds is 5. The fourth-order valence-corrected chi connectivity index (χ4v) is 1.90. The van der Waals surface area contributed by atoms with Gasteiger partial charge in [0.15, 0.2) is 0 Å². The number of carbonyl (C=O) groups excluding carboxylic acids is 2. The van der Waals surface area contributed by atoms with E-state index in [1.54, 1.807) is 19.0 Å². The van der Waals surface area contributed by atoms with Gasteiger partial charge in [0.2, 0.25) is 11.8 Å². The number of hydrogen-bond donors (Lipinski definition) is 1. The third-order valence-electron chi connectivity index (χ3n) is 3.41. The highest BCUT2D eigenvalue weighted by molar-refractivity contribution is 5.85. The van der Waals surface area contributed by atoms with E-state index in [1.807, 2.05) is 6.92 Å². The zero-order valence-corrected chi connectivity index (χ0v) is 11.0. The highest BCUT2D eigenvalue weighted by atomic mass is 16.2. The lowest BCUT2D eigenvalue weighted by atomic mass is 9.75. The van der Waals surface area contributed by atoms with E-state index in [4.69, 9.17) is 5.73 Å². The van der Waals surface area contributed by atoms with Crippen LogP contribution in [0.2, 0.25) is 0 Å². The molecule has 1 aliphatic carbocycles. The van der Waals surface area contributed by atoms with E-state index in [0.29, 0.717) is 13.0 Å². The molecule has 1 aliphatic rings. The van der Waals surface area contributed by atoms with Crippen LogP contribution in [0.15, 0.2) is 0 Å². The van der Waals surface area contributed by atoms with Gasteiger partial charge >= 0.3 is 0 Å². The molecule has 0 atom stereocenters. The summed E-state index contributed by atoms with van der Waals surface area (Å²) in [5.74, 6) is -0.0650. The summed E-state index contributed by atoms with van der Waals surface area (Å²) >= 11 is 0. The zero-order chi connectivity index (χ0) is 13.1. The molecule has 98 valence electrons. The molecule has 2 amide bonds. The predicted molar refractivity (Wildman–Crippen MR) is 66.3 cm³/mol. The Morgan fingerprint density at radius 3 is 2.18 bits per heavy atom. The van der Waals surface area contributed by atoms with Crippen LogP contribution in [-0.2, 0) is 9.59 Å². The van der Waals surface area contributed by atoms with Crippen LogP contribution >= 0.6 is 0 Å². The van der Waals surface area contributed by atoms with Crippen LogP contribution in [0.3, 0.4) is 0 Å². The Labute approximate surface area is 103 Å². The van der Waals surface area contributed by atoms with Crippen LogP contribution in [0, 0.1) is 0 Å². The van der Waals surface area contributed by atoms with E-state index in [1.165, 1.54) is 4.90 Å². The molecule has 0 bridgehead atoms. The van der Waals surface area contributed by atoms with Crippen molar-refractivity contribution in [3.8, 4) is 0 Å². The molecule has 0 unspecified atom stereocenters. The van der Waals surface area contributed by atoms with Crippen LogP contribution in [0.4, 0.5) is 0 Å². The monoisotopic (exact) mass is 241 g/mol. The Balaban J connectivity index is 2.49. The lowest BCUT2D eigenvalue weighted by Crippen LogP contribution is -2.51. The van der Waals surface area contributed by atoms with E-state index in [9.17, 15) is 9.59 Å². The zero-order valence-electron chi connectivity index (χ0n) is 11.0. The molecule has 1 fully saturated rings. The first-order valence-electron chi connectivity index (χ1n) is 6.15. The molecule has 0 aromatic carbocycles. The molecule has 0 aromatic heterocycles. The molecule has 0 aromatic rings. The highest BCUT2D eigenvalue weighted by Gasteiger charge is 2.36. The average Bonchev–Trinajstić information content (AvgIpc) is 2.22. The van der Waals surface area contributed by atoms with Gasteiger partial charge in [0.25, 0.3) is 0 Å². The lowest BCUT2D eigenvalue weighted by molar-refractivity contribution is -0.140. The first-order chi connectivity index (χ1) is 7.88. The van der Waals surface area contributed by atoms with Crippen LogP contribution < -0.4 is 5.73 Å². The van der Waals surface area contributed by atoms with Gasteiger partial charge < -0.3 is 15.5 Å². The molecule has 0 heterocycles. The summed E-state index contributed by atoms with van der Waals surface area (Å²) in [6.07, 6.45) is 3.30. The number of nitrogens with zero attached hydrogens (tertiary/aromatic N) is 2. The minimum atomic E-state index is -0.314. The number of nitrogens with two attached hydrogens (primary N) is 1. The first kappa shape index (κ1) is 14.0. The van der Waals surface area contributed by atoms with Gasteiger partial charge in [-0.15, -0.1) is 0 Å². The summed E-state index contributed by atoms with van der Waals surface area (Å²) in [5, 5.41) is 0. The Kier molecular flexibility index (Phi) is 4.51. The second kappa shape index (κ2) is 5.49. The summed E-state index contributed by atoms with van der Waals surface area (Å²) in [5.41, 5.74) is 5.73. The third-order valence-corrected chi connectivity index (χ3v) is 3.41. The van der Waals surface area contributed by atoms with Crippen molar-refractivity contribution >= 4 is 11.8 Å². The van der Waals surface area contributed by atoms with Gasteiger partial charge in [-0.25, -0.2) is 0 Å². The summed E-state index contributed by atoms with van der Waals surface area (Å²) in [6.45, 7) is 2.58. The van der Waals surface area contributed by atoms with Gasteiger partial charge in [-0.3, -0.25) is 9.59 Å². The first-order valence-corrected chi connectivity index (χ1v) is 6.15. The van der Waals surface area contributed by atoms with Gasteiger partial charge in [-0.2, -0.15) is 0 Å². The molecule has 0 aliphatic heterocycles. The molecular formula is C12H23N3O2. The number of carbonyl (C=O) groups is 2. The van der Waals surface area contributed by atoms with Crippen LogP contribution in [-0.4, -0.2) is 54.3 Å². The maximum atomic E-state index is 12.0. The highest BCUT2D eigenvalue weighted by Crippen LogP contribution is 2.32. The SMILES string of the molecule is CCN(CC(=O)N(C)C)C(=O)CC1(N)CCC1. The second-order valence-corrected chi connectivity index (χ2v) is 5.09. The summed E-state index contributed by atoms with van der Waals surface area (Å²) in [7, 11) is 3.38. The average molecular weight is 241 g/mol. The van der Waals surface area contributed by atoms with E-state index in [-0.39, 0.29) is 23.9 Å². The third kappa shape index (κ3) is 3.70. The molecule has 5 nitrogen and oxygen atoms in total. The standard InChI is InChI=1S/C12H23N3O2/c1-4-15(9-11(17)14(2)3)10(16)8-12(13)6-5-7-12/h4-9,13H2,1-3H3. The van der Waals surface area contributed by atoms with E-state index >= 15 is 0 Å². The maximum absolute atomic E-state index is 12.0. The van der Waals surface area contributed by atoms with Crippen molar-refractivity contribution in [3.05, 3.63) is 0 Å². The van der Waals surface area contributed by atoms with E-state index in [2.05, 4.69) is 0 Å². The van der Waals surface area contributed by atoms with Crippen molar-refractivity contribution in [1.29, 1.82) is 0 Å². The van der Waals surface area contributed by atoms with E-state index < -0.39 is 0 Å². The largest absolute Gasteiger partial charge is 0.347 e. The maximum Gasteiger partial charge on any atom is 0.241 e. The minimum absolute atomic E-state index is 0.00935. The molecule has 5 heteroatoms. The molecule has 0 spiro atoms. The van der Waals surface area contributed by atoms with Crippen LogP contribution in [0.1, 0.15) is 32.6 Å². The van der Waals surface area contributed by atoms with Crippen molar-refractivity contribution in [2.75, 3.05) is 27.2 Å². The molecule has 0 radical (unpaired) electrons. The molecule has 17 heavy (non-hydrogen) atoms. The van der Waals surface area contributed by atoms with Crippen LogP contribution in [0.5, 0.6) is 0 Å². The molecule has 1 rings (SSSR count). The minimum Gasteiger partial charge on any atom is -0.347 e. The van der Waals surface area contributed by atoms with Gasteiger partial charge in [-0.1, -0.05) is 0 Å². The molecule has 0 saturated heterocycles. The van der Waals surface area contributed by atoms with E-state index in [0.717, 1.165) is 19.3 Å². The Bertz CT molecular complexity index is 298. The Hall–Kier alpha value is -1.10. The van der Waals surface area contributed by atoms with Crippen molar-refractivity contribution in [3.63, 3.8) is 0 Å². The smallest absolute Gasteiger partial charge is 0.241 e. The quantitative estimate of drug-likeness (QED) is 0.747. The molecule has 2 N–H and O–H groups in total. The number of likely N-dealkylation sites (N-methyl/N-ethyl adjacent to an activating group) is 2. The fraction of sp³-hybridized carbons (Fsp3) is 0.833. The predicted octanol–water partition coefficient (Wildman–Crippen LogP) is 0.195. The lowest BCUT2D eigenvalue weighted by Gasteiger charge is -2.38. The van der Waals surface area contributed by atoms with Crippen LogP contribution in [0.25, 0.3) is 0 Å². The number of amides is 2. The molecule has 1 saturated carbocycles. The van der Waals surface area contributed by atoms with Gasteiger partial charge in [0.05, 0.1) is 6.54 Å². The summed E-state index contributed by atoms with van der Waals surface area (Å²) in [4.78, 5) is 26.7. The summed E-state index contributed by atoms with van der Waals surface area (Å²) in [6, 6.07) is 0. The van der Waals surface area contributed by atoms with Crippen molar-refractivity contribution < 1.29 is 9.59 Å². The van der Waals surface area contributed by atoms with Crippen molar-refractivity contribution in [1.82, 2.24) is 9.80 Å². The Morgan fingerprint density at radius 2 is 1.82 bits per heavy atom. The Morgan fingerprint density at radius 1 is 1.24 bits per heavy atom. The summed E-state index contributed by atoms with van der Waals surface area (Å²) < 4.78 is 0. The van der Waals surface area contributed by atoms with Gasteiger partial charge in [0, 0.05) is 32.6 Å². The van der Waals surface area contributed by atoms with Gasteiger partial charge in [-0.05, 0) is 26.2 Å². The fourth-order valence-electron chi connectivity index (χ4n) is 1.90. The normalized spacial score (nSPS) is 17.2. The van der Waals surface area contributed by atoms with Crippen molar-refractivity contribution in [2.45, 2.75) is 38.1 Å². The topological polar surface area (TPSA) is 66.6 Å². The number of hydrogen-bond acceptors (Lipinski definition) is 3. The van der Waals surface area contributed by atoms with Crippen molar-refractivity contribution in [2.24, 2.45) is 5.73 Å². The second-order valence-electron chi connectivity index (χ2n) is 5.09. The van der Waals surface area contributed by atoms with Gasteiger partial charge in [0.1, 0.15) is 0 Å². The molecular weight excluding hydrogens is 218 g/mol.